The zero-order valence-corrected chi connectivity index (χ0v) is 12.0. The summed E-state index contributed by atoms with van der Waals surface area (Å²) in [6.45, 7) is 0. The van der Waals surface area contributed by atoms with Crippen molar-refractivity contribution < 1.29 is 19.1 Å². The second kappa shape index (κ2) is 5.07. The molecule has 5 N–H and O–H groups in total. The standard InChI is InChI=1S/C11H8FIN4O3/c12-5-3-4(13)1-2-6(5)17-9(11(19)20)7(14)8(16-17)10(15)18/h1-3H,14H2,(H2,15,18)(H,19,20). The number of aromatic carboxylic acids is 1. The molecule has 2 rings (SSSR count). The van der Waals surface area contributed by atoms with Crippen molar-refractivity contribution in [2.24, 2.45) is 5.73 Å². The third-order valence-electron chi connectivity index (χ3n) is 2.50. The molecule has 1 aromatic heterocycles. The number of halogens is 2. The van der Waals surface area contributed by atoms with Crippen molar-refractivity contribution in [3.8, 4) is 5.69 Å². The van der Waals surface area contributed by atoms with Gasteiger partial charge >= 0.3 is 5.97 Å². The van der Waals surface area contributed by atoms with Crippen molar-refractivity contribution in [1.82, 2.24) is 9.78 Å². The first kappa shape index (κ1) is 14.2. The molecule has 0 fully saturated rings. The third-order valence-corrected chi connectivity index (χ3v) is 3.17. The number of carboxylic acids is 1. The van der Waals surface area contributed by atoms with E-state index in [1.807, 2.05) is 22.6 Å². The molecular formula is C11H8FIN4O3. The molecule has 1 aromatic carbocycles. The van der Waals surface area contributed by atoms with Gasteiger partial charge in [0.2, 0.25) is 0 Å². The third kappa shape index (κ3) is 2.31. The molecule has 1 amide bonds. The number of rotatable bonds is 3. The Morgan fingerprint density at radius 3 is 2.55 bits per heavy atom. The molecule has 0 bridgehead atoms. The molecule has 0 spiro atoms. The molecule has 2 aromatic rings. The van der Waals surface area contributed by atoms with Gasteiger partial charge < -0.3 is 16.6 Å². The summed E-state index contributed by atoms with van der Waals surface area (Å²) in [6.07, 6.45) is 0. The van der Waals surface area contributed by atoms with Crippen LogP contribution in [-0.4, -0.2) is 26.8 Å². The number of anilines is 1. The summed E-state index contributed by atoms with van der Waals surface area (Å²) >= 11 is 1.90. The van der Waals surface area contributed by atoms with Crippen LogP contribution in [0.4, 0.5) is 10.1 Å². The lowest BCUT2D eigenvalue weighted by Crippen LogP contribution is -2.14. The fraction of sp³-hybridized carbons (Fsp3) is 0. The highest BCUT2D eigenvalue weighted by Crippen LogP contribution is 2.23. The van der Waals surface area contributed by atoms with Crippen LogP contribution in [-0.2, 0) is 0 Å². The van der Waals surface area contributed by atoms with Crippen LogP contribution in [0, 0.1) is 9.39 Å². The van der Waals surface area contributed by atoms with Crippen LogP contribution < -0.4 is 11.5 Å². The molecule has 104 valence electrons. The number of hydrogen-bond acceptors (Lipinski definition) is 4. The van der Waals surface area contributed by atoms with E-state index in [4.69, 9.17) is 16.6 Å². The van der Waals surface area contributed by atoms with Gasteiger partial charge in [-0.15, -0.1) is 0 Å². The van der Waals surface area contributed by atoms with Crippen molar-refractivity contribution >= 4 is 40.2 Å². The minimum absolute atomic E-state index is 0.137. The van der Waals surface area contributed by atoms with Gasteiger partial charge in [0.05, 0.1) is 5.69 Å². The number of nitrogens with zero attached hydrogens (tertiary/aromatic N) is 2. The fourth-order valence-electron chi connectivity index (χ4n) is 1.65. The Bertz CT molecular complexity index is 729. The molecule has 0 aliphatic heterocycles. The van der Waals surface area contributed by atoms with Crippen LogP contribution in [0.25, 0.3) is 5.69 Å². The molecule has 0 atom stereocenters. The molecule has 7 nitrogen and oxygen atoms in total. The van der Waals surface area contributed by atoms with Gasteiger partial charge in [-0.2, -0.15) is 5.10 Å². The maximum Gasteiger partial charge on any atom is 0.356 e. The Hall–Kier alpha value is -2.17. The number of carbonyl (C=O) groups is 2. The summed E-state index contributed by atoms with van der Waals surface area (Å²) in [4.78, 5) is 22.4. The highest BCUT2D eigenvalue weighted by atomic mass is 127. The van der Waals surface area contributed by atoms with E-state index in [0.29, 0.717) is 3.57 Å². The number of nitrogens with two attached hydrogens (primary N) is 2. The minimum atomic E-state index is -1.44. The Labute approximate surface area is 125 Å². The molecule has 0 saturated carbocycles. The van der Waals surface area contributed by atoms with Crippen LogP contribution >= 0.6 is 22.6 Å². The predicted molar refractivity (Wildman–Crippen MR) is 76.1 cm³/mol. The van der Waals surface area contributed by atoms with Crippen molar-refractivity contribution in [2.45, 2.75) is 0 Å². The minimum Gasteiger partial charge on any atom is -0.476 e. The Morgan fingerprint density at radius 2 is 2.05 bits per heavy atom. The van der Waals surface area contributed by atoms with E-state index < -0.39 is 34.8 Å². The van der Waals surface area contributed by atoms with Gasteiger partial charge in [0.15, 0.2) is 11.4 Å². The zero-order chi connectivity index (χ0) is 15.0. The number of aromatic nitrogens is 2. The molecule has 20 heavy (non-hydrogen) atoms. The molecule has 1 heterocycles. The predicted octanol–water partition coefficient (Wildman–Crippen LogP) is 0.995. The number of carboxylic acid groups (broad SMARTS) is 1. The Kier molecular flexibility index (Phi) is 3.61. The average Bonchev–Trinajstić information content (AvgIpc) is 2.66. The quantitative estimate of drug-likeness (QED) is 0.675. The van der Waals surface area contributed by atoms with Crippen molar-refractivity contribution in [3.05, 3.63) is 39.0 Å². The second-order valence-corrected chi connectivity index (χ2v) is 5.03. The molecule has 9 heteroatoms. The lowest BCUT2D eigenvalue weighted by molar-refractivity contribution is 0.0688. The van der Waals surface area contributed by atoms with E-state index in [1.165, 1.54) is 12.1 Å². The highest BCUT2D eigenvalue weighted by Gasteiger charge is 2.26. The molecule has 0 unspecified atom stereocenters. The van der Waals surface area contributed by atoms with Crippen LogP contribution in [0.15, 0.2) is 18.2 Å². The van der Waals surface area contributed by atoms with Crippen molar-refractivity contribution in [1.29, 1.82) is 0 Å². The normalized spacial score (nSPS) is 10.5. The highest BCUT2D eigenvalue weighted by molar-refractivity contribution is 14.1. The molecule has 0 saturated heterocycles. The molecule has 0 aliphatic rings. The maximum absolute atomic E-state index is 13.9. The van der Waals surface area contributed by atoms with Gasteiger partial charge in [-0.1, -0.05) is 0 Å². The number of hydrogen-bond donors (Lipinski definition) is 3. The van der Waals surface area contributed by atoms with Crippen molar-refractivity contribution in [2.75, 3.05) is 5.73 Å². The van der Waals surface area contributed by atoms with Gasteiger partial charge in [-0.3, -0.25) is 4.79 Å². The summed E-state index contributed by atoms with van der Waals surface area (Å²) in [5, 5.41) is 12.8. The van der Waals surface area contributed by atoms with Crippen LogP contribution in [0.3, 0.4) is 0 Å². The van der Waals surface area contributed by atoms with E-state index in [9.17, 15) is 14.0 Å². The van der Waals surface area contributed by atoms with E-state index >= 15 is 0 Å². The van der Waals surface area contributed by atoms with Gasteiger partial charge in [0, 0.05) is 3.57 Å². The van der Waals surface area contributed by atoms with E-state index in [2.05, 4.69) is 5.10 Å². The lowest BCUT2D eigenvalue weighted by atomic mass is 10.2. The van der Waals surface area contributed by atoms with E-state index in [-0.39, 0.29) is 5.69 Å². The van der Waals surface area contributed by atoms with Crippen LogP contribution in [0.1, 0.15) is 21.0 Å². The summed E-state index contributed by atoms with van der Waals surface area (Å²) in [7, 11) is 0. The number of nitrogen functional groups attached to an aromatic ring is 1. The molecular weight excluding hydrogens is 382 g/mol. The van der Waals surface area contributed by atoms with Gasteiger partial charge in [-0.05, 0) is 40.8 Å². The Balaban J connectivity index is 2.76. The molecule has 0 radical (unpaired) electrons. The van der Waals surface area contributed by atoms with Gasteiger partial charge in [-0.25, -0.2) is 13.9 Å². The second-order valence-electron chi connectivity index (χ2n) is 3.79. The average molecular weight is 390 g/mol. The first-order valence-corrected chi connectivity index (χ1v) is 6.27. The summed E-state index contributed by atoms with van der Waals surface area (Å²) in [5.41, 5.74) is 9.12. The van der Waals surface area contributed by atoms with Gasteiger partial charge in [0.25, 0.3) is 5.91 Å². The van der Waals surface area contributed by atoms with E-state index in [1.54, 1.807) is 6.07 Å². The van der Waals surface area contributed by atoms with E-state index in [0.717, 1.165) is 4.68 Å². The van der Waals surface area contributed by atoms with Gasteiger partial charge in [0.1, 0.15) is 11.5 Å². The number of carbonyl (C=O) groups excluding carboxylic acids is 1. The SMILES string of the molecule is NC(=O)c1nn(-c2ccc(I)cc2F)c(C(=O)O)c1N. The Morgan fingerprint density at radius 1 is 1.40 bits per heavy atom. The lowest BCUT2D eigenvalue weighted by Gasteiger charge is -2.06. The topological polar surface area (TPSA) is 124 Å². The summed E-state index contributed by atoms with van der Waals surface area (Å²) in [5.74, 6) is -3.13. The fourth-order valence-corrected chi connectivity index (χ4v) is 2.10. The first-order valence-electron chi connectivity index (χ1n) is 5.20. The van der Waals surface area contributed by atoms with Crippen LogP contribution in [0.5, 0.6) is 0 Å². The zero-order valence-electron chi connectivity index (χ0n) is 9.80. The number of primary amides is 1. The number of benzene rings is 1. The molecule has 0 aliphatic carbocycles. The monoisotopic (exact) mass is 390 g/mol. The smallest absolute Gasteiger partial charge is 0.356 e. The van der Waals surface area contributed by atoms with Crippen molar-refractivity contribution in [3.63, 3.8) is 0 Å². The first-order chi connectivity index (χ1) is 9.32. The number of amides is 1. The summed E-state index contributed by atoms with van der Waals surface area (Å²) < 4.78 is 15.3. The largest absolute Gasteiger partial charge is 0.476 e. The maximum atomic E-state index is 13.9. The van der Waals surface area contributed by atoms with Crippen LogP contribution in [0.2, 0.25) is 0 Å². The summed E-state index contributed by atoms with van der Waals surface area (Å²) in [6, 6.07) is 4.09.